The lowest BCUT2D eigenvalue weighted by atomic mass is 9.87. The molecule has 2 amide bonds. The fourth-order valence-corrected chi connectivity index (χ4v) is 5.35. The number of carbonyl (C=O) groups excluding carboxylic acids is 2. The highest BCUT2D eigenvalue weighted by atomic mass is 32.2. The molecule has 1 N–H and O–H groups in total. The second-order valence-corrected chi connectivity index (χ2v) is 10.5. The van der Waals surface area contributed by atoms with Gasteiger partial charge in [0.15, 0.2) is 11.5 Å². The van der Waals surface area contributed by atoms with Crippen LogP contribution in [0.5, 0.6) is 11.5 Å². The van der Waals surface area contributed by atoms with Crippen LogP contribution >= 0.6 is 11.8 Å². The normalized spacial score (nSPS) is 16.0. The molecule has 1 aromatic carbocycles. The Hall–Kier alpha value is -2.72. The third-order valence-corrected chi connectivity index (χ3v) is 7.07. The molecule has 0 fully saturated rings. The van der Waals surface area contributed by atoms with Crippen molar-refractivity contribution in [3.05, 3.63) is 35.0 Å². The van der Waals surface area contributed by atoms with Crippen LogP contribution in [0.15, 0.2) is 18.2 Å². The van der Waals surface area contributed by atoms with Gasteiger partial charge >= 0.3 is 0 Å². The second kappa shape index (κ2) is 11.3. The molecule has 2 heterocycles. The standard InChI is InChI=1S/C25H36N4O5S/c1-25(2,3)23-21-22(16-9-10-17(33-6)18(13-16)34-7)35-15-20(31)29(24(21)28(4)27-23)14-19(30)26-11-8-12-32-5/h9-10,13,22H,8,11-12,14-15H2,1-7H3,(H,26,30)/t22-/m0/s1. The van der Waals surface area contributed by atoms with Gasteiger partial charge in [-0.3, -0.25) is 19.2 Å². The van der Waals surface area contributed by atoms with E-state index in [2.05, 4.69) is 26.1 Å². The van der Waals surface area contributed by atoms with E-state index in [0.717, 1.165) is 16.8 Å². The maximum absolute atomic E-state index is 13.3. The van der Waals surface area contributed by atoms with Gasteiger partial charge in [0, 0.05) is 38.3 Å². The molecule has 10 heteroatoms. The number of rotatable bonds is 9. The third-order valence-electron chi connectivity index (χ3n) is 5.81. The van der Waals surface area contributed by atoms with Crippen LogP contribution < -0.4 is 19.7 Å². The van der Waals surface area contributed by atoms with E-state index in [1.165, 1.54) is 11.8 Å². The van der Waals surface area contributed by atoms with Crippen LogP contribution in [0.4, 0.5) is 5.82 Å². The SMILES string of the molecule is COCCCNC(=O)CN1C(=O)CS[C@@H](c2ccc(OC)c(OC)c2)c2c(C(C)(C)C)nn(C)c21. The highest BCUT2D eigenvalue weighted by Gasteiger charge is 2.39. The molecule has 0 aliphatic carbocycles. The molecule has 0 saturated carbocycles. The zero-order valence-electron chi connectivity index (χ0n) is 21.6. The van der Waals surface area contributed by atoms with Gasteiger partial charge in [0.2, 0.25) is 11.8 Å². The lowest BCUT2D eigenvalue weighted by molar-refractivity contribution is -0.123. The largest absolute Gasteiger partial charge is 0.493 e. The number of ether oxygens (including phenoxy) is 3. The summed E-state index contributed by atoms with van der Waals surface area (Å²) < 4.78 is 17.7. The Morgan fingerprint density at radius 2 is 1.91 bits per heavy atom. The van der Waals surface area contributed by atoms with Gasteiger partial charge in [0.1, 0.15) is 12.4 Å². The van der Waals surface area contributed by atoms with E-state index in [-0.39, 0.29) is 34.8 Å². The Bertz CT molecular complexity index is 1060. The van der Waals surface area contributed by atoms with Crippen molar-refractivity contribution in [2.75, 3.05) is 51.7 Å². The number of fused-ring (bicyclic) bond motifs is 1. The molecule has 1 aromatic heterocycles. The second-order valence-electron chi connectivity index (χ2n) is 9.44. The number of thioether (sulfide) groups is 1. The maximum atomic E-state index is 13.3. The first kappa shape index (κ1) is 26.9. The van der Waals surface area contributed by atoms with Crippen molar-refractivity contribution in [3.63, 3.8) is 0 Å². The summed E-state index contributed by atoms with van der Waals surface area (Å²) in [5.74, 6) is 1.80. The molecule has 0 bridgehead atoms. The smallest absolute Gasteiger partial charge is 0.240 e. The molecule has 3 rings (SSSR count). The van der Waals surface area contributed by atoms with Gasteiger partial charge in [-0.25, -0.2) is 0 Å². The quantitative estimate of drug-likeness (QED) is 0.525. The number of amides is 2. The molecule has 192 valence electrons. The van der Waals surface area contributed by atoms with Gasteiger partial charge < -0.3 is 19.5 Å². The number of nitrogens with zero attached hydrogens (tertiary/aromatic N) is 3. The first-order valence-electron chi connectivity index (χ1n) is 11.6. The number of aromatic nitrogens is 2. The van der Waals surface area contributed by atoms with E-state index in [0.29, 0.717) is 36.9 Å². The van der Waals surface area contributed by atoms with E-state index in [9.17, 15) is 9.59 Å². The van der Waals surface area contributed by atoms with Crippen LogP contribution in [-0.4, -0.2) is 68.4 Å². The van der Waals surface area contributed by atoms with Crippen molar-refractivity contribution in [2.45, 2.75) is 37.9 Å². The molecular formula is C25H36N4O5S. The van der Waals surface area contributed by atoms with Gasteiger partial charge in [0.25, 0.3) is 0 Å². The fraction of sp³-hybridized carbons (Fsp3) is 0.560. The summed E-state index contributed by atoms with van der Waals surface area (Å²) in [7, 11) is 6.66. The molecule has 0 saturated heterocycles. The number of hydrogen-bond donors (Lipinski definition) is 1. The molecule has 0 radical (unpaired) electrons. The van der Waals surface area contributed by atoms with Crippen LogP contribution in [0, 0.1) is 0 Å². The zero-order valence-corrected chi connectivity index (χ0v) is 22.5. The number of nitrogens with one attached hydrogen (secondary N) is 1. The summed E-state index contributed by atoms with van der Waals surface area (Å²) in [6.07, 6.45) is 0.707. The number of hydrogen-bond acceptors (Lipinski definition) is 7. The molecule has 2 aromatic rings. The van der Waals surface area contributed by atoms with Gasteiger partial charge in [0.05, 0.1) is 30.9 Å². The summed E-state index contributed by atoms with van der Waals surface area (Å²) >= 11 is 1.53. The number of benzene rings is 1. The van der Waals surface area contributed by atoms with E-state index < -0.39 is 0 Å². The molecule has 9 nitrogen and oxygen atoms in total. The maximum Gasteiger partial charge on any atom is 0.240 e. The monoisotopic (exact) mass is 504 g/mol. The van der Waals surface area contributed by atoms with Gasteiger partial charge in [-0.1, -0.05) is 26.8 Å². The molecule has 1 aliphatic heterocycles. The Labute approximate surface area is 211 Å². The zero-order chi connectivity index (χ0) is 25.8. The predicted octanol–water partition coefficient (Wildman–Crippen LogP) is 3.06. The van der Waals surface area contributed by atoms with Crippen LogP contribution in [0.25, 0.3) is 0 Å². The van der Waals surface area contributed by atoms with Gasteiger partial charge in [-0.05, 0) is 24.1 Å². The van der Waals surface area contributed by atoms with E-state index >= 15 is 0 Å². The number of methoxy groups -OCH3 is 3. The Balaban J connectivity index is 2.07. The highest BCUT2D eigenvalue weighted by Crippen LogP contribution is 2.48. The third kappa shape index (κ3) is 5.92. The lowest BCUT2D eigenvalue weighted by Gasteiger charge is -2.24. The average Bonchev–Trinajstić information content (AvgIpc) is 3.10. The molecular weight excluding hydrogens is 468 g/mol. The van der Waals surface area contributed by atoms with Crippen LogP contribution in [-0.2, 0) is 26.8 Å². The first-order chi connectivity index (χ1) is 16.6. The minimum absolute atomic E-state index is 0.0683. The molecule has 0 spiro atoms. The summed E-state index contributed by atoms with van der Waals surface area (Å²) in [5, 5.41) is 7.55. The lowest BCUT2D eigenvalue weighted by Crippen LogP contribution is -2.42. The van der Waals surface area contributed by atoms with E-state index in [4.69, 9.17) is 19.3 Å². The average molecular weight is 505 g/mol. The number of aryl methyl sites for hydroxylation is 1. The Morgan fingerprint density at radius 1 is 1.20 bits per heavy atom. The topological polar surface area (TPSA) is 94.9 Å². The molecule has 35 heavy (non-hydrogen) atoms. The first-order valence-corrected chi connectivity index (χ1v) is 12.6. The van der Waals surface area contributed by atoms with Gasteiger partial charge in [-0.2, -0.15) is 5.10 Å². The minimum Gasteiger partial charge on any atom is -0.493 e. The fourth-order valence-electron chi connectivity index (χ4n) is 4.17. The minimum atomic E-state index is -0.276. The van der Waals surface area contributed by atoms with Crippen molar-refractivity contribution in [2.24, 2.45) is 7.05 Å². The number of anilines is 1. The predicted molar refractivity (Wildman–Crippen MR) is 138 cm³/mol. The van der Waals surface area contributed by atoms with Crippen molar-refractivity contribution in [1.29, 1.82) is 0 Å². The van der Waals surface area contributed by atoms with Crippen LogP contribution in [0.1, 0.15) is 49.3 Å². The van der Waals surface area contributed by atoms with Crippen molar-refractivity contribution in [3.8, 4) is 11.5 Å². The Morgan fingerprint density at radius 3 is 2.54 bits per heavy atom. The summed E-state index contributed by atoms with van der Waals surface area (Å²) in [6.45, 7) is 7.29. The molecule has 1 atom stereocenters. The van der Waals surface area contributed by atoms with Crippen molar-refractivity contribution < 1.29 is 23.8 Å². The molecule has 1 aliphatic rings. The summed E-state index contributed by atoms with van der Waals surface area (Å²) in [6, 6.07) is 5.81. The Kier molecular flexibility index (Phi) is 8.71. The van der Waals surface area contributed by atoms with Crippen molar-refractivity contribution >= 4 is 29.4 Å². The highest BCUT2D eigenvalue weighted by molar-refractivity contribution is 8.00. The summed E-state index contributed by atoms with van der Waals surface area (Å²) in [4.78, 5) is 27.6. The van der Waals surface area contributed by atoms with Gasteiger partial charge in [-0.15, -0.1) is 11.8 Å². The van der Waals surface area contributed by atoms with E-state index in [1.807, 2.05) is 25.2 Å². The number of carbonyl (C=O) groups is 2. The van der Waals surface area contributed by atoms with Crippen LogP contribution in [0.3, 0.4) is 0 Å². The van der Waals surface area contributed by atoms with Crippen molar-refractivity contribution in [1.82, 2.24) is 15.1 Å². The van der Waals surface area contributed by atoms with Crippen LogP contribution in [0.2, 0.25) is 0 Å². The molecule has 0 unspecified atom stereocenters. The van der Waals surface area contributed by atoms with E-state index in [1.54, 1.807) is 30.9 Å². The summed E-state index contributed by atoms with van der Waals surface area (Å²) in [5.41, 5.74) is 2.53.